The summed E-state index contributed by atoms with van der Waals surface area (Å²) in [7, 11) is 0. The van der Waals surface area contributed by atoms with E-state index in [0.717, 1.165) is 5.71 Å². The highest BCUT2D eigenvalue weighted by Gasteiger charge is 1.90. The largest absolute Gasteiger partial charge is 0.292 e. The summed E-state index contributed by atoms with van der Waals surface area (Å²) in [6, 6.07) is 0.305. The van der Waals surface area contributed by atoms with Crippen molar-refractivity contribution in [1.29, 1.82) is 0 Å². The molecule has 0 atom stereocenters. The lowest BCUT2D eigenvalue weighted by Gasteiger charge is -2.06. The molecule has 0 rings (SSSR count). The van der Waals surface area contributed by atoms with Crippen molar-refractivity contribution in [2.24, 2.45) is 5.10 Å². The van der Waals surface area contributed by atoms with Crippen LogP contribution >= 0.6 is 0 Å². The molecule has 94 valence electrons. The summed E-state index contributed by atoms with van der Waals surface area (Å²) >= 11 is 0. The second kappa shape index (κ2) is 10.1. The molecule has 0 aliphatic rings. The molecule has 0 unspecified atom stereocenters. The lowest BCUT2D eigenvalue weighted by Crippen LogP contribution is -2.40. The first-order valence-electron chi connectivity index (χ1n) is 5.05. The van der Waals surface area contributed by atoms with E-state index in [2.05, 4.69) is 21.4 Å². The van der Waals surface area contributed by atoms with Crippen molar-refractivity contribution in [3.05, 3.63) is 0 Å². The number of amides is 2. The summed E-state index contributed by atoms with van der Waals surface area (Å²) in [5, 5.41) is 3.64. The zero-order valence-corrected chi connectivity index (χ0v) is 10.8. The fourth-order valence-corrected chi connectivity index (χ4v) is 0.436. The molecule has 0 aromatic heterocycles. The van der Waals surface area contributed by atoms with Gasteiger partial charge < -0.3 is 0 Å². The maximum absolute atomic E-state index is 10.2. The summed E-state index contributed by atoms with van der Waals surface area (Å²) in [6.45, 7) is 10.4. The minimum absolute atomic E-state index is 0.0568. The average Bonchev–Trinajstić information content (AvgIpc) is 2.12. The van der Waals surface area contributed by atoms with Gasteiger partial charge in [0.1, 0.15) is 0 Å². The summed E-state index contributed by atoms with van der Waals surface area (Å²) in [4.78, 5) is 20.3. The third-order valence-corrected chi connectivity index (χ3v) is 0.974. The van der Waals surface area contributed by atoms with E-state index >= 15 is 0 Å². The van der Waals surface area contributed by atoms with E-state index in [1.807, 2.05) is 27.7 Å². The molecule has 0 heterocycles. The van der Waals surface area contributed by atoms with Crippen molar-refractivity contribution < 1.29 is 9.59 Å². The summed E-state index contributed by atoms with van der Waals surface area (Å²) in [5.74, 6) is -0.190. The van der Waals surface area contributed by atoms with Crippen LogP contribution < -0.4 is 16.3 Å². The molecule has 0 saturated carbocycles. The SMILES string of the molecule is CC(=O)NN=C(C)C.CC(=O)NNC(C)C. The predicted octanol–water partition coefficient (Wildman–Crippen LogP) is 0.554. The molecular formula is C10H22N4O2. The second-order valence-electron chi connectivity index (χ2n) is 3.71. The summed E-state index contributed by atoms with van der Waals surface area (Å²) in [6.07, 6.45) is 0. The summed E-state index contributed by atoms with van der Waals surface area (Å²) in [5.41, 5.74) is 8.34. The van der Waals surface area contributed by atoms with Crippen LogP contribution in [0.1, 0.15) is 41.5 Å². The maximum Gasteiger partial charge on any atom is 0.236 e. The monoisotopic (exact) mass is 230 g/mol. The first-order chi connectivity index (χ1) is 7.25. The van der Waals surface area contributed by atoms with Gasteiger partial charge >= 0.3 is 0 Å². The van der Waals surface area contributed by atoms with E-state index in [9.17, 15) is 9.59 Å². The molecule has 0 aromatic carbocycles. The van der Waals surface area contributed by atoms with Gasteiger partial charge in [0.2, 0.25) is 11.8 Å². The molecule has 0 aromatic rings. The quantitative estimate of drug-likeness (QED) is 0.489. The van der Waals surface area contributed by atoms with Gasteiger partial charge in [0.25, 0.3) is 0 Å². The van der Waals surface area contributed by atoms with Crippen LogP contribution in [0, 0.1) is 0 Å². The molecule has 0 radical (unpaired) electrons. The molecule has 2 amide bonds. The van der Waals surface area contributed by atoms with Crippen LogP contribution in [0.4, 0.5) is 0 Å². The van der Waals surface area contributed by atoms with Gasteiger partial charge in [0, 0.05) is 25.6 Å². The van der Waals surface area contributed by atoms with E-state index < -0.39 is 0 Å². The van der Waals surface area contributed by atoms with Crippen molar-refractivity contribution in [2.75, 3.05) is 0 Å². The molecule has 3 N–H and O–H groups in total. The number of carbonyl (C=O) groups excluding carboxylic acids is 2. The van der Waals surface area contributed by atoms with Gasteiger partial charge in [0.05, 0.1) is 0 Å². The topological polar surface area (TPSA) is 82.6 Å². The highest BCUT2D eigenvalue weighted by atomic mass is 16.2. The van der Waals surface area contributed by atoms with Crippen molar-refractivity contribution >= 4 is 17.5 Å². The van der Waals surface area contributed by atoms with E-state index in [1.165, 1.54) is 13.8 Å². The molecule has 0 saturated heterocycles. The molecular weight excluding hydrogens is 208 g/mol. The molecule has 0 aliphatic heterocycles. The minimum atomic E-state index is -0.133. The number of nitrogens with zero attached hydrogens (tertiary/aromatic N) is 1. The highest BCUT2D eigenvalue weighted by Crippen LogP contribution is 1.69. The van der Waals surface area contributed by atoms with E-state index in [-0.39, 0.29) is 11.8 Å². The van der Waals surface area contributed by atoms with Gasteiger partial charge in [-0.15, -0.1) is 0 Å². The lowest BCUT2D eigenvalue weighted by molar-refractivity contribution is -0.120. The first-order valence-corrected chi connectivity index (χ1v) is 5.05. The van der Waals surface area contributed by atoms with Crippen molar-refractivity contribution in [3.63, 3.8) is 0 Å². The Bertz CT molecular complexity index is 245. The van der Waals surface area contributed by atoms with E-state index in [1.54, 1.807) is 0 Å². The molecule has 0 aliphatic carbocycles. The van der Waals surface area contributed by atoms with Crippen LogP contribution in [0.25, 0.3) is 0 Å². The smallest absolute Gasteiger partial charge is 0.236 e. The zero-order valence-electron chi connectivity index (χ0n) is 10.8. The Hall–Kier alpha value is -1.43. The maximum atomic E-state index is 10.2. The number of nitrogens with one attached hydrogen (secondary N) is 3. The van der Waals surface area contributed by atoms with Gasteiger partial charge in [-0.3, -0.25) is 15.0 Å². The lowest BCUT2D eigenvalue weighted by atomic mass is 10.4. The predicted molar refractivity (Wildman–Crippen MR) is 64.7 cm³/mol. The van der Waals surface area contributed by atoms with Crippen LogP contribution in [0.15, 0.2) is 5.10 Å². The Morgan fingerprint density at radius 2 is 1.50 bits per heavy atom. The third-order valence-electron chi connectivity index (χ3n) is 0.974. The van der Waals surface area contributed by atoms with Crippen LogP contribution in [0.5, 0.6) is 0 Å². The summed E-state index contributed by atoms with van der Waals surface area (Å²) < 4.78 is 0. The van der Waals surface area contributed by atoms with Gasteiger partial charge in [-0.2, -0.15) is 5.10 Å². The molecule has 16 heavy (non-hydrogen) atoms. The number of rotatable bonds is 3. The second-order valence-corrected chi connectivity index (χ2v) is 3.71. The number of hydrazine groups is 1. The third kappa shape index (κ3) is 22.9. The normalized spacial score (nSPS) is 8.69. The van der Waals surface area contributed by atoms with Gasteiger partial charge in [-0.1, -0.05) is 0 Å². The van der Waals surface area contributed by atoms with Gasteiger partial charge in [-0.25, -0.2) is 10.9 Å². The van der Waals surface area contributed by atoms with Gasteiger partial charge in [-0.05, 0) is 27.7 Å². The Morgan fingerprint density at radius 3 is 1.62 bits per heavy atom. The molecule has 6 nitrogen and oxygen atoms in total. The molecule has 0 bridgehead atoms. The van der Waals surface area contributed by atoms with Crippen molar-refractivity contribution in [3.8, 4) is 0 Å². The Labute approximate surface area is 96.8 Å². The first kappa shape index (κ1) is 17.0. The molecule has 0 fully saturated rings. The number of carbonyl (C=O) groups is 2. The van der Waals surface area contributed by atoms with E-state index in [4.69, 9.17) is 0 Å². The van der Waals surface area contributed by atoms with Crippen LogP contribution in [0.2, 0.25) is 0 Å². The van der Waals surface area contributed by atoms with Crippen LogP contribution in [0.3, 0.4) is 0 Å². The highest BCUT2D eigenvalue weighted by molar-refractivity contribution is 5.81. The fraction of sp³-hybridized carbons (Fsp3) is 0.700. The molecule has 0 spiro atoms. The zero-order chi connectivity index (χ0) is 13.1. The average molecular weight is 230 g/mol. The van der Waals surface area contributed by atoms with Gasteiger partial charge in [0.15, 0.2) is 0 Å². The number of hydrogen-bond donors (Lipinski definition) is 3. The van der Waals surface area contributed by atoms with Crippen molar-refractivity contribution in [1.82, 2.24) is 16.3 Å². The number of hydrazone groups is 1. The van der Waals surface area contributed by atoms with Crippen LogP contribution in [-0.2, 0) is 9.59 Å². The Kier molecular flexibility index (Phi) is 10.7. The standard InChI is InChI=1S/C5H12N2O.C5H10N2O/c2*1-4(2)6-7-5(3)8/h4,6H,1-3H3,(H,7,8);1-3H3,(H,7,8). The fourth-order valence-electron chi connectivity index (χ4n) is 0.436. The van der Waals surface area contributed by atoms with Crippen molar-refractivity contribution in [2.45, 2.75) is 47.6 Å². The Balaban J connectivity index is 0. The van der Waals surface area contributed by atoms with Crippen LogP contribution in [-0.4, -0.2) is 23.6 Å². The molecule has 6 heteroatoms. The van der Waals surface area contributed by atoms with E-state index in [0.29, 0.717) is 6.04 Å². The minimum Gasteiger partial charge on any atom is -0.292 e. The Morgan fingerprint density at radius 1 is 1.00 bits per heavy atom. The number of hydrogen-bond acceptors (Lipinski definition) is 4.